The molecule has 1 amide bonds. The number of rotatable bonds is 6. The Morgan fingerprint density at radius 1 is 1.24 bits per heavy atom. The second-order valence-corrected chi connectivity index (χ2v) is 4.54. The van der Waals surface area contributed by atoms with Crippen LogP contribution in [0.3, 0.4) is 0 Å². The van der Waals surface area contributed by atoms with Crippen molar-refractivity contribution in [2.24, 2.45) is 0 Å². The summed E-state index contributed by atoms with van der Waals surface area (Å²) in [4.78, 5) is 16.0. The van der Waals surface area contributed by atoms with E-state index in [0.29, 0.717) is 18.7 Å². The van der Waals surface area contributed by atoms with Gasteiger partial charge in [-0.1, -0.05) is 6.92 Å². The molecule has 0 unspecified atom stereocenters. The van der Waals surface area contributed by atoms with Crippen LogP contribution < -0.4 is 10.1 Å². The van der Waals surface area contributed by atoms with Gasteiger partial charge in [0.25, 0.3) is 5.91 Å². The Kier molecular flexibility index (Phi) is 5.26. The van der Waals surface area contributed by atoms with Crippen LogP contribution in [0.4, 0.5) is 4.39 Å². The summed E-state index contributed by atoms with van der Waals surface area (Å²) in [7, 11) is 0. The fourth-order valence-corrected chi connectivity index (χ4v) is 1.80. The number of halogens is 1. The highest BCUT2D eigenvalue weighted by molar-refractivity contribution is 5.81. The summed E-state index contributed by atoms with van der Waals surface area (Å²) in [5.41, 5.74) is 0.968. The Hall–Kier alpha value is -2.43. The summed E-state index contributed by atoms with van der Waals surface area (Å²) in [6.07, 6.45) is 3.28. The van der Waals surface area contributed by atoms with E-state index >= 15 is 0 Å². The van der Waals surface area contributed by atoms with Gasteiger partial charge in [-0.15, -0.1) is 0 Å². The van der Waals surface area contributed by atoms with E-state index in [4.69, 9.17) is 4.74 Å². The first kappa shape index (κ1) is 15.0. The average molecular weight is 288 g/mol. The minimum Gasteiger partial charge on any atom is -0.481 e. The lowest BCUT2D eigenvalue weighted by atomic mass is 10.2. The van der Waals surface area contributed by atoms with Gasteiger partial charge in [0.05, 0.1) is 0 Å². The molecule has 0 spiro atoms. The van der Waals surface area contributed by atoms with E-state index in [1.165, 1.54) is 24.3 Å². The van der Waals surface area contributed by atoms with Gasteiger partial charge < -0.3 is 10.1 Å². The Morgan fingerprint density at radius 3 is 2.52 bits per heavy atom. The Bertz CT molecular complexity index is 573. The van der Waals surface area contributed by atoms with E-state index in [1.54, 1.807) is 12.4 Å². The van der Waals surface area contributed by atoms with Crippen LogP contribution in [0.1, 0.15) is 18.9 Å². The SMILES string of the molecule is CC[C@@H](Oc1ccc(F)cc1)C(=O)NCc1ccncc1. The number of nitrogens with one attached hydrogen (secondary N) is 1. The Labute approximate surface area is 123 Å². The van der Waals surface area contributed by atoms with Crippen molar-refractivity contribution < 1.29 is 13.9 Å². The summed E-state index contributed by atoms with van der Waals surface area (Å²) >= 11 is 0. The van der Waals surface area contributed by atoms with Crippen molar-refractivity contribution in [1.82, 2.24) is 10.3 Å². The number of carbonyl (C=O) groups is 1. The molecule has 2 rings (SSSR count). The molecular formula is C16H17FN2O2. The zero-order valence-electron chi connectivity index (χ0n) is 11.8. The largest absolute Gasteiger partial charge is 0.481 e. The molecule has 0 fully saturated rings. The van der Waals surface area contributed by atoms with E-state index < -0.39 is 6.10 Å². The molecule has 0 aliphatic rings. The summed E-state index contributed by atoms with van der Waals surface area (Å²) in [6.45, 7) is 2.28. The van der Waals surface area contributed by atoms with E-state index in [2.05, 4.69) is 10.3 Å². The molecule has 0 aliphatic heterocycles. The quantitative estimate of drug-likeness (QED) is 0.889. The van der Waals surface area contributed by atoms with E-state index in [1.807, 2.05) is 19.1 Å². The van der Waals surface area contributed by atoms with Gasteiger partial charge in [0.1, 0.15) is 11.6 Å². The fourth-order valence-electron chi connectivity index (χ4n) is 1.80. The number of amides is 1. The molecule has 21 heavy (non-hydrogen) atoms. The van der Waals surface area contributed by atoms with Crippen molar-refractivity contribution in [2.75, 3.05) is 0 Å². The van der Waals surface area contributed by atoms with Crippen LogP contribution in [0.15, 0.2) is 48.8 Å². The fraction of sp³-hybridized carbons (Fsp3) is 0.250. The summed E-state index contributed by atoms with van der Waals surface area (Å²) in [5.74, 6) is -0.0570. The number of ether oxygens (including phenoxy) is 1. The summed E-state index contributed by atoms with van der Waals surface area (Å²) in [6, 6.07) is 9.29. The number of hydrogen-bond donors (Lipinski definition) is 1. The van der Waals surface area contributed by atoms with Gasteiger partial charge in [-0.05, 0) is 48.4 Å². The molecule has 0 aliphatic carbocycles. The maximum absolute atomic E-state index is 12.8. The molecule has 0 radical (unpaired) electrons. The second-order valence-electron chi connectivity index (χ2n) is 4.54. The molecule has 110 valence electrons. The van der Waals surface area contributed by atoms with Gasteiger partial charge in [0.2, 0.25) is 0 Å². The van der Waals surface area contributed by atoms with Crippen molar-refractivity contribution in [1.29, 1.82) is 0 Å². The molecule has 0 saturated heterocycles. The van der Waals surface area contributed by atoms with Crippen LogP contribution in [-0.2, 0) is 11.3 Å². The normalized spacial score (nSPS) is 11.7. The molecule has 1 aromatic heterocycles. The highest BCUT2D eigenvalue weighted by Gasteiger charge is 2.17. The maximum Gasteiger partial charge on any atom is 0.261 e. The van der Waals surface area contributed by atoms with E-state index in [9.17, 15) is 9.18 Å². The van der Waals surface area contributed by atoms with Crippen molar-refractivity contribution in [3.8, 4) is 5.75 Å². The van der Waals surface area contributed by atoms with Crippen molar-refractivity contribution in [3.63, 3.8) is 0 Å². The van der Waals surface area contributed by atoms with Crippen molar-refractivity contribution in [3.05, 3.63) is 60.2 Å². The van der Waals surface area contributed by atoms with E-state index in [0.717, 1.165) is 5.56 Å². The van der Waals surface area contributed by atoms with Gasteiger partial charge in [-0.2, -0.15) is 0 Å². The summed E-state index contributed by atoms with van der Waals surface area (Å²) in [5, 5.41) is 2.82. The Morgan fingerprint density at radius 2 is 1.90 bits per heavy atom. The van der Waals surface area contributed by atoms with Gasteiger partial charge in [-0.25, -0.2) is 4.39 Å². The zero-order chi connectivity index (χ0) is 15.1. The highest BCUT2D eigenvalue weighted by atomic mass is 19.1. The molecule has 5 heteroatoms. The third kappa shape index (κ3) is 4.56. The lowest BCUT2D eigenvalue weighted by Gasteiger charge is -2.17. The van der Waals surface area contributed by atoms with Gasteiger partial charge in [0, 0.05) is 18.9 Å². The lowest BCUT2D eigenvalue weighted by molar-refractivity contribution is -0.128. The maximum atomic E-state index is 12.8. The molecule has 0 bridgehead atoms. The molecule has 0 saturated carbocycles. The molecule has 1 atom stereocenters. The number of hydrogen-bond acceptors (Lipinski definition) is 3. The first-order valence-electron chi connectivity index (χ1n) is 6.78. The molecule has 1 aromatic carbocycles. The lowest BCUT2D eigenvalue weighted by Crippen LogP contribution is -2.37. The van der Waals surface area contributed by atoms with Crippen LogP contribution in [0.25, 0.3) is 0 Å². The average Bonchev–Trinajstić information content (AvgIpc) is 2.53. The van der Waals surface area contributed by atoms with Crippen LogP contribution >= 0.6 is 0 Å². The van der Waals surface area contributed by atoms with Gasteiger partial charge in [-0.3, -0.25) is 9.78 Å². The minimum absolute atomic E-state index is 0.196. The van der Waals surface area contributed by atoms with Gasteiger partial charge in [0.15, 0.2) is 6.10 Å². The third-order valence-electron chi connectivity index (χ3n) is 2.97. The topological polar surface area (TPSA) is 51.2 Å². The van der Waals surface area contributed by atoms with Crippen molar-refractivity contribution in [2.45, 2.75) is 26.0 Å². The zero-order valence-corrected chi connectivity index (χ0v) is 11.8. The minimum atomic E-state index is -0.600. The van der Waals surface area contributed by atoms with Crippen LogP contribution in [-0.4, -0.2) is 17.0 Å². The predicted octanol–water partition coefficient (Wildman–Crippen LogP) is 2.69. The molecule has 4 nitrogen and oxygen atoms in total. The first-order chi connectivity index (χ1) is 10.2. The van der Waals surface area contributed by atoms with Crippen LogP contribution in [0.5, 0.6) is 5.75 Å². The second kappa shape index (κ2) is 7.38. The van der Waals surface area contributed by atoms with Gasteiger partial charge >= 0.3 is 0 Å². The smallest absolute Gasteiger partial charge is 0.261 e. The first-order valence-corrected chi connectivity index (χ1v) is 6.78. The number of carbonyl (C=O) groups excluding carboxylic acids is 1. The molecule has 2 aromatic rings. The third-order valence-corrected chi connectivity index (χ3v) is 2.97. The predicted molar refractivity (Wildman–Crippen MR) is 77.2 cm³/mol. The highest BCUT2D eigenvalue weighted by Crippen LogP contribution is 2.14. The molecule has 1 heterocycles. The van der Waals surface area contributed by atoms with Crippen LogP contribution in [0.2, 0.25) is 0 Å². The monoisotopic (exact) mass is 288 g/mol. The van der Waals surface area contributed by atoms with E-state index in [-0.39, 0.29) is 11.7 Å². The summed E-state index contributed by atoms with van der Waals surface area (Å²) < 4.78 is 18.4. The standard InChI is InChI=1S/C16H17FN2O2/c1-2-15(21-14-5-3-13(17)4-6-14)16(20)19-11-12-7-9-18-10-8-12/h3-10,15H,2,11H2,1H3,(H,19,20)/t15-/m1/s1. The van der Waals surface area contributed by atoms with Crippen LogP contribution in [0, 0.1) is 5.82 Å². The number of pyridine rings is 1. The number of benzene rings is 1. The Balaban J connectivity index is 1.90. The van der Waals surface area contributed by atoms with Crippen molar-refractivity contribution >= 4 is 5.91 Å². The molecule has 1 N–H and O–H groups in total. The number of nitrogens with zero attached hydrogens (tertiary/aromatic N) is 1. The molecular weight excluding hydrogens is 271 g/mol. The number of aromatic nitrogens is 1.